The molecule has 86 valence electrons. The summed E-state index contributed by atoms with van der Waals surface area (Å²) in [5, 5.41) is 3.59. The number of hydrogen-bond donors (Lipinski definition) is 1. The predicted octanol–water partition coefficient (Wildman–Crippen LogP) is 1.95. The van der Waals surface area contributed by atoms with E-state index in [1.54, 1.807) is 7.11 Å². The van der Waals surface area contributed by atoms with Crippen LogP contribution in [0.25, 0.3) is 0 Å². The molecule has 1 aromatic rings. The number of rotatable bonds is 2. The summed E-state index contributed by atoms with van der Waals surface area (Å²) in [7, 11) is 1.66. The molecule has 2 fully saturated rings. The molecule has 1 saturated carbocycles. The molecular weight excluding hydrogens is 200 g/mol. The molecule has 0 radical (unpaired) electrons. The van der Waals surface area contributed by atoms with Gasteiger partial charge in [-0.15, -0.1) is 0 Å². The van der Waals surface area contributed by atoms with Crippen LogP contribution in [0.3, 0.4) is 0 Å². The Morgan fingerprint density at radius 3 is 3.00 bits per heavy atom. The second kappa shape index (κ2) is 4.06. The Bertz CT molecular complexity index is 363. The summed E-state index contributed by atoms with van der Waals surface area (Å²) < 4.78 is 5.09. The van der Waals surface area contributed by atoms with Crippen LogP contribution in [0.15, 0.2) is 18.3 Å². The van der Waals surface area contributed by atoms with Crippen LogP contribution >= 0.6 is 0 Å². The smallest absolute Gasteiger partial charge is 0.212 e. The molecule has 2 aliphatic rings. The van der Waals surface area contributed by atoms with Gasteiger partial charge < -0.3 is 10.1 Å². The van der Waals surface area contributed by atoms with Crippen molar-refractivity contribution in [2.24, 2.45) is 5.92 Å². The minimum Gasteiger partial charge on any atom is -0.481 e. The van der Waals surface area contributed by atoms with Gasteiger partial charge >= 0.3 is 0 Å². The van der Waals surface area contributed by atoms with Gasteiger partial charge in [0, 0.05) is 18.3 Å². The van der Waals surface area contributed by atoms with Gasteiger partial charge in [0.05, 0.1) is 7.11 Å². The Kier molecular flexibility index (Phi) is 2.56. The zero-order valence-electron chi connectivity index (χ0n) is 9.65. The second-order valence-corrected chi connectivity index (χ2v) is 4.91. The van der Waals surface area contributed by atoms with E-state index in [-0.39, 0.29) is 0 Å². The summed E-state index contributed by atoms with van der Waals surface area (Å²) in [5.74, 6) is 2.28. The van der Waals surface area contributed by atoms with E-state index in [0.29, 0.717) is 11.8 Å². The SMILES string of the molecule is COc1ccc(C2CC3CC2CCN3)cn1. The van der Waals surface area contributed by atoms with Gasteiger partial charge in [0.2, 0.25) is 5.88 Å². The molecule has 2 heterocycles. The molecule has 2 bridgehead atoms. The van der Waals surface area contributed by atoms with Crippen LogP contribution in [0.4, 0.5) is 0 Å². The molecule has 16 heavy (non-hydrogen) atoms. The van der Waals surface area contributed by atoms with Crippen LogP contribution in [-0.2, 0) is 0 Å². The Morgan fingerprint density at radius 1 is 1.38 bits per heavy atom. The fraction of sp³-hybridized carbons (Fsp3) is 0.615. The van der Waals surface area contributed by atoms with E-state index in [2.05, 4.69) is 16.4 Å². The van der Waals surface area contributed by atoms with Gasteiger partial charge in [-0.25, -0.2) is 4.98 Å². The fourth-order valence-corrected chi connectivity index (χ4v) is 3.22. The molecule has 3 atom stereocenters. The third kappa shape index (κ3) is 1.69. The summed E-state index contributed by atoms with van der Waals surface area (Å²) in [5.41, 5.74) is 1.39. The molecule has 3 unspecified atom stereocenters. The van der Waals surface area contributed by atoms with Gasteiger partial charge in [-0.05, 0) is 43.2 Å². The molecule has 3 nitrogen and oxygen atoms in total. The maximum absolute atomic E-state index is 5.09. The molecule has 1 aromatic heterocycles. The molecule has 0 amide bonds. The van der Waals surface area contributed by atoms with Gasteiger partial charge in [-0.3, -0.25) is 0 Å². The Labute approximate surface area is 96.2 Å². The van der Waals surface area contributed by atoms with Crippen molar-refractivity contribution in [2.75, 3.05) is 13.7 Å². The lowest BCUT2D eigenvalue weighted by atomic mass is 9.87. The molecule has 1 aliphatic heterocycles. The number of nitrogens with zero attached hydrogens (tertiary/aromatic N) is 1. The van der Waals surface area contributed by atoms with Crippen LogP contribution in [0.5, 0.6) is 5.88 Å². The van der Waals surface area contributed by atoms with E-state index in [1.165, 1.54) is 31.4 Å². The third-order valence-corrected chi connectivity index (χ3v) is 4.04. The standard InChI is InChI=1S/C13H18N2O/c1-16-13-3-2-10(8-15-13)12-7-11-6-9(12)4-5-14-11/h2-3,8-9,11-12,14H,4-7H2,1H3. The van der Waals surface area contributed by atoms with Crippen LogP contribution in [0.1, 0.15) is 30.7 Å². The lowest BCUT2D eigenvalue weighted by molar-refractivity contribution is 0.376. The first-order chi connectivity index (χ1) is 7.86. The molecule has 3 heteroatoms. The average molecular weight is 218 g/mol. The summed E-state index contributed by atoms with van der Waals surface area (Å²) in [6, 6.07) is 4.90. The predicted molar refractivity (Wildman–Crippen MR) is 62.7 cm³/mol. The van der Waals surface area contributed by atoms with Crippen molar-refractivity contribution in [1.29, 1.82) is 0 Å². The van der Waals surface area contributed by atoms with E-state index >= 15 is 0 Å². The molecule has 1 aliphatic carbocycles. The second-order valence-electron chi connectivity index (χ2n) is 4.91. The molecule has 1 saturated heterocycles. The topological polar surface area (TPSA) is 34.1 Å². The number of aromatic nitrogens is 1. The number of fused-ring (bicyclic) bond motifs is 2. The van der Waals surface area contributed by atoms with E-state index in [4.69, 9.17) is 4.74 Å². The third-order valence-electron chi connectivity index (χ3n) is 4.04. The largest absolute Gasteiger partial charge is 0.481 e. The van der Waals surface area contributed by atoms with Crippen molar-refractivity contribution in [3.05, 3.63) is 23.9 Å². The van der Waals surface area contributed by atoms with Gasteiger partial charge in [0.15, 0.2) is 0 Å². The van der Waals surface area contributed by atoms with Crippen LogP contribution in [0.2, 0.25) is 0 Å². The summed E-state index contributed by atoms with van der Waals surface area (Å²) in [6.45, 7) is 1.19. The van der Waals surface area contributed by atoms with E-state index in [0.717, 1.165) is 12.0 Å². The number of nitrogens with one attached hydrogen (secondary N) is 1. The zero-order valence-corrected chi connectivity index (χ0v) is 9.65. The number of methoxy groups -OCH3 is 1. The minimum atomic E-state index is 0.707. The molecule has 3 rings (SSSR count). The van der Waals surface area contributed by atoms with Crippen molar-refractivity contribution in [1.82, 2.24) is 10.3 Å². The Hall–Kier alpha value is -1.09. The van der Waals surface area contributed by atoms with Crippen LogP contribution in [0, 0.1) is 5.92 Å². The minimum absolute atomic E-state index is 0.707. The lowest BCUT2D eigenvalue weighted by Gasteiger charge is -2.21. The molecule has 1 N–H and O–H groups in total. The zero-order chi connectivity index (χ0) is 11.0. The molecular formula is C13H18N2O. The van der Waals surface area contributed by atoms with Crippen molar-refractivity contribution >= 4 is 0 Å². The van der Waals surface area contributed by atoms with Gasteiger partial charge in [0.25, 0.3) is 0 Å². The maximum Gasteiger partial charge on any atom is 0.212 e. The number of ether oxygens (including phenoxy) is 1. The van der Waals surface area contributed by atoms with Gasteiger partial charge in [-0.1, -0.05) is 6.07 Å². The summed E-state index contributed by atoms with van der Waals surface area (Å²) in [6.07, 6.45) is 5.92. The highest BCUT2D eigenvalue weighted by Gasteiger charge is 2.37. The highest BCUT2D eigenvalue weighted by molar-refractivity contribution is 5.24. The quantitative estimate of drug-likeness (QED) is 0.823. The van der Waals surface area contributed by atoms with Crippen LogP contribution in [-0.4, -0.2) is 24.7 Å². The number of pyridine rings is 1. The summed E-state index contributed by atoms with van der Waals surface area (Å²) >= 11 is 0. The van der Waals surface area contributed by atoms with Crippen molar-refractivity contribution in [3.63, 3.8) is 0 Å². The van der Waals surface area contributed by atoms with Gasteiger partial charge in [0.1, 0.15) is 0 Å². The Morgan fingerprint density at radius 2 is 2.31 bits per heavy atom. The van der Waals surface area contributed by atoms with Gasteiger partial charge in [-0.2, -0.15) is 0 Å². The molecule has 0 aromatic carbocycles. The highest BCUT2D eigenvalue weighted by Crippen LogP contribution is 2.43. The van der Waals surface area contributed by atoms with E-state index < -0.39 is 0 Å². The van der Waals surface area contributed by atoms with E-state index in [9.17, 15) is 0 Å². The number of hydrogen-bond acceptors (Lipinski definition) is 3. The van der Waals surface area contributed by atoms with Crippen LogP contribution < -0.4 is 10.1 Å². The molecule has 0 spiro atoms. The van der Waals surface area contributed by atoms with Crippen molar-refractivity contribution < 1.29 is 4.74 Å². The van der Waals surface area contributed by atoms with E-state index in [1.807, 2.05) is 12.3 Å². The lowest BCUT2D eigenvalue weighted by Crippen LogP contribution is -2.31. The fourth-order valence-electron chi connectivity index (χ4n) is 3.22. The Balaban J connectivity index is 1.81. The average Bonchev–Trinajstić information content (AvgIpc) is 2.64. The van der Waals surface area contributed by atoms with Crippen molar-refractivity contribution in [3.8, 4) is 5.88 Å². The first-order valence-corrected chi connectivity index (χ1v) is 6.10. The maximum atomic E-state index is 5.09. The first kappa shape index (κ1) is 10.1. The first-order valence-electron chi connectivity index (χ1n) is 6.10. The summed E-state index contributed by atoms with van der Waals surface area (Å²) in [4.78, 5) is 4.31. The highest BCUT2D eigenvalue weighted by atomic mass is 16.5. The normalized spacial score (nSPS) is 32.7. The monoisotopic (exact) mass is 218 g/mol. The van der Waals surface area contributed by atoms with Crippen molar-refractivity contribution in [2.45, 2.75) is 31.2 Å². The number of piperidine rings is 1.